The number of aromatic amines is 1. The van der Waals surface area contributed by atoms with Crippen molar-refractivity contribution in [1.29, 1.82) is 0 Å². The van der Waals surface area contributed by atoms with E-state index in [9.17, 15) is 9.90 Å². The number of para-hydroxylation sites is 1. The Morgan fingerprint density at radius 3 is 2.51 bits per heavy atom. The van der Waals surface area contributed by atoms with Gasteiger partial charge in [-0.2, -0.15) is 0 Å². The molecule has 0 aliphatic carbocycles. The van der Waals surface area contributed by atoms with Crippen molar-refractivity contribution in [2.45, 2.75) is 44.1 Å². The molecule has 2 N–H and O–H groups in total. The largest absolute Gasteiger partial charge is 0.395 e. The lowest BCUT2D eigenvalue weighted by Crippen LogP contribution is -2.45. The van der Waals surface area contributed by atoms with Crippen molar-refractivity contribution in [3.8, 4) is 0 Å². The number of rotatable bonds is 7. The smallest absolute Gasteiger partial charge is 0.246 e. The zero-order valence-electron chi connectivity index (χ0n) is 21.1. The summed E-state index contributed by atoms with van der Waals surface area (Å²) < 4.78 is 0. The van der Waals surface area contributed by atoms with Crippen molar-refractivity contribution in [3.05, 3.63) is 75.9 Å². The third-order valence-corrected chi connectivity index (χ3v) is 8.95. The highest BCUT2D eigenvalue weighted by atomic mass is 35.5. The molecular formula is C30H35Cl2N3O2. The van der Waals surface area contributed by atoms with E-state index in [4.69, 9.17) is 23.2 Å². The first kappa shape index (κ1) is 26.3. The van der Waals surface area contributed by atoms with Crippen LogP contribution in [-0.4, -0.2) is 64.6 Å². The molecule has 0 spiro atoms. The second kappa shape index (κ2) is 12.0. The van der Waals surface area contributed by atoms with Gasteiger partial charge in [0.25, 0.3) is 0 Å². The quantitative estimate of drug-likeness (QED) is 0.343. The van der Waals surface area contributed by atoms with Gasteiger partial charge in [0.1, 0.15) is 0 Å². The predicted octanol–water partition coefficient (Wildman–Crippen LogP) is 6.36. The first-order chi connectivity index (χ1) is 18.0. The molecule has 1 amide bonds. The summed E-state index contributed by atoms with van der Waals surface area (Å²) in [6.07, 6.45) is 10.8. The van der Waals surface area contributed by atoms with Gasteiger partial charge in [-0.25, -0.2) is 0 Å². The van der Waals surface area contributed by atoms with Crippen LogP contribution < -0.4 is 0 Å². The number of halogens is 2. The number of hydrogen-bond acceptors (Lipinski definition) is 3. The average Bonchev–Trinajstić information content (AvgIpc) is 3.37. The molecule has 1 atom stereocenters. The molecule has 5 rings (SSSR count). The number of nitrogens with one attached hydrogen (secondary N) is 1. The molecule has 2 aromatic carbocycles. The van der Waals surface area contributed by atoms with Crippen LogP contribution in [0, 0.1) is 5.92 Å². The van der Waals surface area contributed by atoms with Crippen molar-refractivity contribution >= 4 is 46.1 Å². The molecule has 7 heteroatoms. The van der Waals surface area contributed by atoms with Gasteiger partial charge >= 0.3 is 0 Å². The molecule has 2 aliphatic heterocycles. The molecule has 0 saturated carbocycles. The van der Waals surface area contributed by atoms with Crippen LogP contribution in [0.3, 0.4) is 0 Å². The molecule has 3 heterocycles. The maximum atomic E-state index is 12.7. The van der Waals surface area contributed by atoms with Gasteiger partial charge in [-0.15, -0.1) is 0 Å². The van der Waals surface area contributed by atoms with Crippen LogP contribution in [0.4, 0.5) is 0 Å². The lowest BCUT2D eigenvalue weighted by atomic mass is 9.86. The van der Waals surface area contributed by atoms with Gasteiger partial charge in [0, 0.05) is 42.3 Å². The second-order valence-corrected chi connectivity index (χ2v) is 11.3. The Balaban J connectivity index is 1.09. The number of aliphatic hydroxyl groups is 1. The number of carbonyl (C=O) groups is 1. The number of aromatic nitrogens is 1. The third-order valence-electron chi connectivity index (χ3n) is 8.21. The maximum Gasteiger partial charge on any atom is 0.246 e. The van der Waals surface area contributed by atoms with Gasteiger partial charge in [-0.3, -0.25) is 9.69 Å². The van der Waals surface area contributed by atoms with Crippen LogP contribution in [0.2, 0.25) is 10.0 Å². The summed E-state index contributed by atoms with van der Waals surface area (Å²) in [7, 11) is 0. The van der Waals surface area contributed by atoms with Gasteiger partial charge in [0.2, 0.25) is 5.91 Å². The van der Waals surface area contributed by atoms with Crippen molar-refractivity contribution in [1.82, 2.24) is 14.8 Å². The summed E-state index contributed by atoms with van der Waals surface area (Å²) in [5, 5.41) is 12.5. The van der Waals surface area contributed by atoms with E-state index in [0.29, 0.717) is 21.9 Å². The monoisotopic (exact) mass is 539 g/mol. The Labute approximate surface area is 229 Å². The first-order valence-corrected chi connectivity index (χ1v) is 14.1. The van der Waals surface area contributed by atoms with Crippen molar-refractivity contribution in [2.75, 3.05) is 32.8 Å². The highest BCUT2D eigenvalue weighted by Crippen LogP contribution is 2.34. The Morgan fingerprint density at radius 1 is 1.03 bits per heavy atom. The number of amides is 1. The van der Waals surface area contributed by atoms with E-state index in [1.54, 1.807) is 24.3 Å². The van der Waals surface area contributed by atoms with Gasteiger partial charge in [0.15, 0.2) is 0 Å². The van der Waals surface area contributed by atoms with E-state index in [-0.39, 0.29) is 18.6 Å². The topological polar surface area (TPSA) is 59.6 Å². The number of H-pyrrole nitrogens is 1. The molecule has 5 nitrogen and oxygen atoms in total. The molecule has 1 unspecified atom stereocenters. The summed E-state index contributed by atoms with van der Waals surface area (Å²) in [6, 6.07) is 14.1. The van der Waals surface area contributed by atoms with Gasteiger partial charge < -0.3 is 15.0 Å². The first-order valence-electron chi connectivity index (χ1n) is 13.3. The highest BCUT2D eigenvalue weighted by molar-refractivity contribution is 6.42. The fraction of sp³-hybridized carbons (Fsp3) is 0.433. The fourth-order valence-electron chi connectivity index (χ4n) is 6.01. The number of benzene rings is 2. The van der Waals surface area contributed by atoms with E-state index in [2.05, 4.69) is 40.3 Å². The minimum absolute atomic E-state index is 0.0302. The van der Waals surface area contributed by atoms with Crippen molar-refractivity contribution in [2.24, 2.45) is 5.92 Å². The zero-order chi connectivity index (χ0) is 25.8. The number of nitrogens with zero attached hydrogens (tertiary/aromatic N) is 2. The molecule has 3 aromatic rings. The van der Waals surface area contributed by atoms with Gasteiger partial charge in [-0.1, -0.05) is 47.5 Å². The Morgan fingerprint density at radius 2 is 1.78 bits per heavy atom. The molecule has 0 radical (unpaired) electrons. The zero-order valence-corrected chi connectivity index (χ0v) is 22.6. The van der Waals surface area contributed by atoms with Crippen molar-refractivity contribution < 1.29 is 9.90 Å². The van der Waals surface area contributed by atoms with Crippen LogP contribution in [0.25, 0.3) is 17.0 Å². The number of carbonyl (C=O) groups excluding carboxylic acids is 1. The number of aliphatic hydroxyl groups excluding tert-OH is 1. The number of likely N-dealkylation sites (tertiary alicyclic amines) is 2. The summed E-state index contributed by atoms with van der Waals surface area (Å²) >= 11 is 12.0. The molecule has 1 aromatic heterocycles. The summed E-state index contributed by atoms with van der Waals surface area (Å²) in [6.45, 7) is 3.76. The van der Waals surface area contributed by atoms with Crippen LogP contribution >= 0.6 is 23.2 Å². The van der Waals surface area contributed by atoms with Crippen LogP contribution in [0.15, 0.2) is 54.7 Å². The van der Waals surface area contributed by atoms with Crippen molar-refractivity contribution in [3.63, 3.8) is 0 Å². The SMILES string of the molecule is O=C(C=Cc1ccc(Cl)c(Cl)c1)N1CCC(CC(CO)N2CCC(c3c[nH]c4ccccc34)CC2)CC1. The van der Waals surface area contributed by atoms with Gasteiger partial charge in [-0.05, 0) is 92.4 Å². The van der Waals surface area contributed by atoms with E-state index >= 15 is 0 Å². The van der Waals surface area contributed by atoms with Crippen LogP contribution in [-0.2, 0) is 4.79 Å². The summed E-state index contributed by atoms with van der Waals surface area (Å²) in [5.41, 5.74) is 3.50. The second-order valence-electron chi connectivity index (χ2n) is 10.4. The predicted molar refractivity (Wildman–Crippen MR) is 152 cm³/mol. The normalized spacial score (nSPS) is 19.2. The number of fused-ring (bicyclic) bond motifs is 1. The van der Waals surface area contributed by atoms with Crippen LogP contribution in [0.1, 0.15) is 49.1 Å². The Hall–Kier alpha value is -2.31. The molecule has 2 fully saturated rings. The lowest BCUT2D eigenvalue weighted by Gasteiger charge is -2.39. The molecule has 2 saturated heterocycles. The molecule has 2 aliphatic rings. The molecule has 196 valence electrons. The Kier molecular flexibility index (Phi) is 8.56. The molecule has 0 bridgehead atoms. The van der Waals surface area contributed by atoms with E-state index in [1.165, 1.54) is 16.5 Å². The standard InChI is InChI=1S/C30H35Cl2N3O2/c31-27-7-5-21(18-28(27)32)6-8-30(37)35-13-9-22(10-14-35)17-24(20-36)34-15-11-23(12-16-34)26-19-33-29-4-2-1-3-25(26)29/h1-8,18-19,22-24,33,36H,9-17,20H2. The molecule has 37 heavy (non-hydrogen) atoms. The minimum Gasteiger partial charge on any atom is -0.395 e. The van der Waals surface area contributed by atoms with E-state index < -0.39 is 0 Å². The highest BCUT2D eigenvalue weighted by Gasteiger charge is 2.30. The Bertz CT molecular complexity index is 1240. The summed E-state index contributed by atoms with van der Waals surface area (Å²) in [4.78, 5) is 20.5. The van der Waals surface area contributed by atoms with E-state index in [1.807, 2.05) is 11.0 Å². The van der Waals surface area contributed by atoms with Gasteiger partial charge in [0.05, 0.1) is 16.7 Å². The maximum absolute atomic E-state index is 12.7. The third kappa shape index (κ3) is 6.23. The minimum atomic E-state index is 0.0302. The molecular weight excluding hydrogens is 505 g/mol. The van der Waals surface area contributed by atoms with E-state index in [0.717, 1.165) is 63.8 Å². The number of hydrogen-bond donors (Lipinski definition) is 2. The average molecular weight is 541 g/mol. The summed E-state index contributed by atoms with van der Waals surface area (Å²) in [5.74, 6) is 1.13. The van der Waals surface area contributed by atoms with Crippen LogP contribution in [0.5, 0.6) is 0 Å². The number of piperidine rings is 2. The fourth-order valence-corrected chi connectivity index (χ4v) is 6.32. The lowest BCUT2D eigenvalue weighted by molar-refractivity contribution is -0.127.